The highest BCUT2D eigenvalue weighted by molar-refractivity contribution is 7.27. The van der Waals surface area contributed by atoms with Gasteiger partial charge in [0.1, 0.15) is 0 Å². The highest BCUT2D eigenvalue weighted by atomic mass is 28.5. The van der Waals surface area contributed by atoms with E-state index in [0.29, 0.717) is 0 Å². The fraction of sp³-hybridized carbons (Fsp3) is 1.00. The Morgan fingerprint density at radius 3 is 0.944 bits per heavy atom. The number of hydrogen-bond donors (Lipinski definition) is 1. The second-order valence-corrected chi connectivity index (χ2v) is 30.6. The normalized spacial score (nSPS) is 18.7. The predicted octanol–water partition coefficient (Wildman–Crippen LogP) is 4.07. The van der Waals surface area contributed by atoms with Gasteiger partial charge in [-0.1, -0.05) is 58.9 Å². The van der Waals surface area contributed by atoms with Crippen LogP contribution in [0.2, 0.25) is 69.4 Å². The zero-order chi connectivity index (χ0) is 15.2. The first kappa shape index (κ1) is 18.8. The summed E-state index contributed by atoms with van der Waals surface area (Å²) in [7, 11) is -5.62. The molecule has 0 saturated heterocycles. The standard InChI is InChI=1S/C12H34O2Si4/c1-14-18(11,13)12(15(2,3)4,16(5,6)7)17(8,9)10/h13H,1-11H3. The lowest BCUT2D eigenvalue weighted by Gasteiger charge is -2.63. The second kappa shape index (κ2) is 4.96. The maximum atomic E-state index is 11.3. The van der Waals surface area contributed by atoms with E-state index in [4.69, 9.17) is 4.43 Å². The predicted molar refractivity (Wildman–Crippen MR) is 93.6 cm³/mol. The molecule has 0 bridgehead atoms. The molecule has 1 atom stereocenters. The van der Waals surface area contributed by atoms with Crippen LogP contribution < -0.4 is 0 Å². The van der Waals surface area contributed by atoms with E-state index >= 15 is 0 Å². The van der Waals surface area contributed by atoms with Gasteiger partial charge in [0.05, 0.1) is 0 Å². The van der Waals surface area contributed by atoms with Gasteiger partial charge in [0.2, 0.25) is 0 Å². The molecule has 0 aliphatic heterocycles. The molecule has 0 spiro atoms. The van der Waals surface area contributed by atoms with E-state index in [-0.39, 0.29) is 3.91 Å². The summed E-state index contributed by atoms with van der Waals surface area (Å²) in [6, 6.07) is 0. The van der Waals surface area contributed by atoms with E-state index in [1.807, 2.05) is 6.55 Å². The van der Waals surface area contributed by atoms with Crippen LogP contribution in [-0.2, 0) is 4.43 Å². The molecule has 0 fully saturated rings. The van der Waals surface area contributed by atoms with Gasteiger partial charge in [-0.25, -0.2) is 0 Å². The topological polar surface area (TPSA) is 29.5 Å². The first-order chi connectivity index (χ1) is 7.56. The van der Waals surface area contributed by atoms with E-state index in [2.05, 4.69) is 58.9 Å². The molecule has 18 heavy (non-hydrogen) atoms. The summed E-state index contributed by atoms with van der Waals surface area (Å²) in [4.78, 5) is 11.3. The van der Waals surface area contributed by atoms with E-state index in [1.165, 1.54) is 0 Å². The Kier molecular flexibility index (Phi) is 5.18. The van der Waals surface area contributed by atoms with Crippen LogP contribution in [0.3, 0.4) is 0 Å². The third-order valence-electron chi connectivity index (χ3n) is 4.47. The van der Waals surface area contributed by atoms with Gasteiger partial charge in [0.15, 0.2) is 0 Å². The van der Waals surface area contributed by atoms with Crippen LogP contribution in [0, 0.1) is 0 Å². The highest BCUT2D eigenvalue weighted by Gasteiger charge is 2.70. The van der Waals surface area contributed by atoms with Gasteiger partial charge in [0, 0.05) is 31.3 Å². The van der Waals surface area contributed by atoms with Crippen molar-refractivity contribution >= 4 is 32.8 Å². The van der Waals surface area contributed by atoms with Crippen LogP contribution >= 0.6 is 0 Å². The highest BCUT2D eigenvalue weighted by Crippen LogP contribution is 2.58. The van der Waals surface area contributed by atoms with Gasteiger partial charge in [-0.05, 0) is 10.5 Å². The van der Waals surface area contributed by atoms with Crippen molar-refractivity contribution in [2.45, 2.75) is 69.4 Å². The van der Waals surface area contributed by atoms with E-state index in [0.717, 1.165) is 0 Å². The Morgan fingerprint density at radius 2 is 0.889 bits per heavy atom. The monoisotopic (exact) mass is 322 g/mol. The van der Waals surface area contributed by atoms with Crippen LogP contribution in [0.25, 0.3) is 0 Å². The van der Waals surface area contributed by atoms with Crippen LogP contribution in [0.1, 0.15) is 0 Å². The molecule has 6 heteroatoms. The first-order valence-electron chi connectivity index (χ1n) is 6.84. The lowest BCUT2D eigenvalue weighted by molar-refractivity contribution is 0.292. The lowest BCUT2D eigenvalue weighted by atomic mass is 11.6. The third kappa shape index (κ3) is 2.64. The average molecular weight is 323 g/mol. The Labute approximate surface area is 118 Å². The van der Waals surface area contributed by atoms with E-state index in [9.17, 15) is 4.80 Å². The van der Waals surface area contributed by atoms with Gasteiger partial charge in [-0.3, -0.25) is 0 Å². The fourth-order valence-corrected chi connectivity index (χ4v) is 50.5. The minimum atomic E-state index is -2.68. The summed E-state index contributed by atoms with van der Waals surface area (Å²) in [5.41, 5.74) is 0. The van der Waals surface area contributed by atoms with Crippen molar-refractivity contribution in [2.75, 3.05) is 7.11 Å². The quantitative estimate of drug-likeness (QED) is 0.773. The molecule has 0 aromatic carbocycles. The van der Waals surface area contributed by atoms with Crippen molar-refractivity contribution in [1.29, 1.82) is 0 Å². The van der Waals surface area contributed by atoms with Gasteiger partial charge in [0.25, 0.3) is 0 Å². The molecule has 110 valence electrons. The van der Waals surface area contributed by atoms with Gasteiger partial charge < -0.3 is 9.22 Å². The molecule has 0 rings (SSSR count). The summed E-state index contributed by atoms with van der Waals surface area (Å²) in [5.74, 6) is 0. The third-order valence-corrected chi connectivity index (χ3v) is 37.8. The maximum absolute atomic E-state index is 11.3. The van der Waals surface area contributed by atoms with Crippen molar-refractivity contribution in [2.24, 2.45) is 0 Å². The molecule has 1 N–H and O–H groups in total. The Balaban J connectivity index is 6.47. The minimum absolute atomic E-state index is 0.148. The molecule has 0 aromatic rings. The summed E-state index contributed by atoms with van der Waals surface area (Å²) >= 11 is 0. The fourth-order valence-electron chi connectivity index (χ4n) is 5.62. The van der Waals surface area contributed by atoms with Crippen LogP contribution in [-0.4, -0.2) is 44.7 Å². The largest absolute Gasteiger partial charge is 0.411 e. The molecule has 1 unspecified atom stereocenters. The van der Waals surface area contributed by atoms with Crippen LogP contribution in [0.5, 0.6) is 0 Å². The van der Waals surface area contributed by atoms with E-state index < -0.39 is 32.8 Å². The molecule has 0 radical (unpaired) electrons. The van der Waals surface area contributed by atoms with Crippen molar-refractivity contribution < 1.29 is 9.22 Å². The van der Waals surface area contributed by atoms with Crippen molar-refractivity contribution in [3.8, 4) is 0 Å². The molecular formula is C12H34O2Si4. The Morgan fingerprint density at radius 1 is 0.667 bits per heavy atom. The average Bonchev–Trinajstić information content (AvgIpc) is 1.94. The summed E-state index contributed by atoms with van der Waals surface area (Å²) in [5, 5.41) is 0. The van der Waals surface area contributed by atoms with Gasteiger partial charge in [-0.2, -0.15) is 0 Å². The zero-order valence-electron chi connectivity index (χ0n) is 14.4. The second-order valence-electron chi connectivity index (χ2n) is 8.69. The molecule has 0 aliphatic rings. The van der Waals surface area contributed by atoms with Gasteiger partial charge >= 0.3 is 8.56 Å². The van der Waals surface area contributed by atoms with Crippen LogP contribution in [0.15, 0.2) is 0 Å². The number of rotatable bonds is 5. The molecule has 0 aromatic heterocycles. The molecule has 0 aliphatic carbocycles. The first-order valence-corrected chi connectivity index (χ1v) is 19.7. The Hall–Kier alpha value is 0.788. The molecule has 2 nitrogen and oxygen atoms in total. The van der Waals surface area contributed by atoms with Crippen molar-refractivity contribution in [1.82, 2.24) is 0 Å². The van der Waals surface area contributed by atoms with E-state index in [1.54, 1.807) is 7.11 Å². The van der Waals surface area contributed by atoms with Gasteiger partial charge in [-0.15, -0.1) is 0 Å². The molecule has 0 amide bonds. The van der Waals surface area contributed by atoms with Crippen molar-refractivity contribution in [3.63, 3.8) is 0 Å². The summed E-state index contributed by atoms with van der Waals surface area (Å²) < 4.78 is 5.93. The maximum Gasteiger partial charge on any atom is 0.330 e. The molecular weight excluding hydrogens is 288 g/mol. The number of hydrogen-bond acceptors (Lipinski definition) is 2. The minimum Gasteiger partial charge on any atom is -0.411 e. The van der Waals surface area contributed by atoms with Crippen LogP contribution in [0.4, 0.5) is 0 Å². The zero-order valence-corrected chi connectivity index (χ0v) is 18.4. The van der Waals surface area contributed by atoms with Crippen molar-refractivity contribution in [3.05, 3.63) is 0 Å². The summed E-state index contributed by atoms with van der Waals surface area (Å²) in [6.07, 6.45) is 0. The SMILES string of the molecule is CO[Si](C)(O)C([Si](C)(C)C)([Si](C)(C)C)[Si](C)(C)C. The Bertz CT molecular complexity index is 259. The smallest absolute Gasteiger partial charge is 0.330 e. The lowest BCUT2D eigenvalue weighted by Crippen LogP contribution is -2.77. The summed E-state index contributed by atoms with van der Waals surface area (Å²) in [6.45, 7) is 24.0. The molecule has 0 heterocycles. The molecule has 0 saturated carbocycles.